The normalized spacial score (nSPS) is 12.5. The van der Waals surface area contributed by atoms with E-state index in [1.54, 1.807) is 0 Å². The minimum Gasteiger partial charge on any atom is -0.465 e. The molecular formula is C12H18O2. The van der Waals surface area contributed by atoms with Gasteiger partial charge in [-0.15, -0.1) is 0 Å². The molecule has 0 spiro atoms. The van der Waals surface area contributed by atoms with Gasteiger partial charge in [-0.3, -0.25) is 0 Å². The average molecular weight is 194 g/mol. The standard InChI is InChI=1S/C12H18O2/c1-4-11-8-6-7-9-12(11)14-10(3)13-5-2/h6-10H,4-5H2,1-3H3. The van der Waals surface area contributed by atoms with Crippen molar-refractivity contribution in [2.75, 3.05) is 6.61 Å². The third-order valence-electron chi connectivity index (χ3n) is 2.05. The van der Waals surface area contributed by atoms with Crippen LogP contribution in [0.5, 0.6) is 5.75 Å². The van der Waals surface area contributed by atoms with Gasteiger partial charge in [0, 0.05) is 6.61 Å². The number of benzene rings is 1. The highest BCUT2D eigenvalue weighted by atomic mass is 16.7. The van der Waals surface area contributed by atoms with E-state index in [-0.39, 0.29) is 6.29 Å². The summed E-state index contributed by atoms with van der Waals surface area (Å²) in [5, 5.41) is 0. The third kappa shape index (κ3) is 3.04. The molecule has 0 heterocycles. The van der Waals surface area contributed by atoms with Crippen LogP contribution in [0.15, 0.2) is 24.3 Å². The first-order chi connectivity index (χ1) is 6.77. The fraction of sp³-hybridized carbons (Fsp3) is 0.500. The Hall–Kier alpha value is -1.02. The number of hydrogen-bond donors (Lipinski definition) is 0. The number of ether oxygens (including phenoxy) is 2. The number of para-hydroxylation sites is 1. The quantitative estimate of drug-likeness (QED) is 0.671. The lowest BCUT2D eigenvalue weighted by molar-refractivity contribution is -0.0617. The van der Waals surface area contributed by atoms with Crippen LogP contribution in [0.1, 0.15) is 26.3 Å². The van der Waals surface area contributed by atoms with Crippen LogP contribution in [0.2, 0.25) is 0 Å². The molecule has 0 N–H and O–H groups in total. The monoisotopic (exact) mass is 194 g/mol. The van der Waals surface area contributed by atoms with Crippen molar-refractivity contribution in [3.63, 3.8) is 0 Å². The van der Waals surface area contributed by atoms with Crippen LogP contribution >= 0.6 is 0 Å². The van der Waals surface area contributed by atoms with Crippen LogP contribution in [0.25, 0.3) is 0 Å². The second kappa shape index (κ2) is 5.66. The Kier molecular flexibility index (Phi) is 4.47. The SMILES string of the molecule is CCOC(C)Oc1ccccc1CC. The van der Waals surface area contributed by atoms with Crippen molar-refractivity contribution < 1.29 is 9.47 Å². The van der Waals surface area contributed by atoms with Crippen LogP contribution in [-0.2, 0) is 11.2 Å². The highest BCUT2D eigenvalue weighted by Gasteiger charge is 2.05. The zero-order chi connectivity index (χ0) is 10.4. The first-order valence-corrected chi connectivity index (χ1v) is 5.14. The summed E-state index contributed by atoms with van der Waals surface area (Å²) in [6.45, 7) is 6.67. The fourth-order valence-corrected chi connectivity index (χ4v) is 1.36. The van der Waals surface area contributed by atoms with Crippen molar-refractivity contribution >= 4 is 0 Å². The molecule has 1 atom stereocenters. The summed E-state index contributed by atoms with van der Waals surface area (Å²) in [6, 6.07) is 8.06. The van der Waals surface area contributed by atoms with E-state index in [2.05, 4.69) is 13.0 Å². The molecule has 2 nitrogen and oxygen atoms in total. The molecule has 0 saturated carbocycles. The molecule has 78 valence electrons. The Balaban J connectivity index is 2.65. The van der Waals surface area contributed by atoms with E-state index in [4.69, 9.17) is 9.47 Å². The van der Waals surface area contributed by atoms with E-state index in [1.807, 2.05) is 32.0 Å². The molecule has 2 heteroatoms. The van der Waals surface area contributed by atoms with Crippen LogP contribution < -0.4 is 4.74 Å². The van der Waals surface area contributed by atoms with Gasteiger partial charge >= 0.3 is 0 Å². The molecule has 0 bridgehead atoms. The molecule has 1 unspecified atom stereocenters. The van der Waals surface area contributed by atoms with Crippen molar-refractivity contribution in [1.82, 2.24) is 0 Å². The summed E-state index contributed by atoms with van der Waals surface area (Å²) < 4.78 is 11.0. The van der Waals surface area contributed by atoms with Crippen molar-refractivity contribution in [3.05, 3.63) is 29.8 Å². The summed E-state index contributed by atoms with van der Waals surface area (Å²) in [7, 11) is 0. The first-order valence-electron chi connectivity index (χ1n) is 5.14. The van der Waals surface area contributed by atoms with Gasteiger partial charge in [-0.05, 0) is 31.9 Å². The van der Waals surface area contributed by atoms with Gasteiger partial charge in [0.2, 0.25) is 0 Å². The number of rotatable bonds is 5. The Bertz CT molecular complexity index is 271. The molecule has 0 aliphatic rings. The maximum absolute atomic E-state index is 5.65. The number of aryl methyl sites for hydroxylation is 1. The van der Waals surface area contributed by atoms with Crippen LogP contribution in [0.3, 0.4) is 0 Å². The summed E-state index contributed by atoms with van der Waals surface area (Å²) in [5.41, 5.74) is 1.22. The summed E-state index contributed by atoms with van der Waals surface area (Å²) in [5.74, 6) is 0.927. The van der Waals surface area contributed by atoms with Gasteiger partial charge in [0.05, 0.1) is 0 Å². The van der Waals surface area contributed by atoms with E-state index in [1.165, 1.54) is 5.56 Å². The molecule has 1 rings (SSSR count). The molecule has 0 aliphatic heterocycles. The minimum atomic E-state index is -0.173. The highest BCUT2D eigenvalue weighted by molar-refractivity contribution is 5.33. The topological polar surface area (TPSA) is 18.5 Å². The predicted octanol–water partition coefficient (Wildman–Crippen LogP) is 3.01. The predicted molar refractivity (Wildman–Crippen MR) is 57.5 cm³/mol. The lowest BCUT2D eigenvalue weighted by atomic mass is 10.1. The van der Waals surface area contributed by atoms with Gasteiger partial charge in [-0.25, -0.2) is 0 Å². The maximum atomic E-state index is 5.65. The van der Waals surface area contributed by atoms with Gasteiger partial charge in [-0.1, -0.05) is 25.1 Å². The third-order valence-corrected chi connectivity index (χ3v) is 2.05. The zero-order valence-corrected chi connectivity index (χ0v) is 9.12. The second-order valence-corrected chi connectivity index (χ2v) is 3.10. The fourth-order valence-electron chi connectivity index (χ4n) is 1.36. The summed E-state index contributed by atoms with van der Waals surface area (Å²) in [6.07, 6.45) is 0.808. The van der Waals surface area contributed by atoms with E-state index in [9.17, 15) is 0 Å². The molecule has 1 aromatic carbocycles. The van der Waals surface area contributed by atoms with Gasteiger partial charge in [-0.2, -0.15) is 0 Å². The number of hydrogen-bond acceptors (Lipinski definition) is 2. The Labute approximate surface area is 85.8 Å². The Morgan fingerprint density at radius 1 is 1.21 bits per heavy atom. The van der Waals surface area contributed by atoms with E-state index in [0.29, 0.717) is 6.61 Å². The van der Waals surface area contributed by atoms with Gasteiger partial charge in [0.15, 0.2) is 6.29 Å². The molecule has 14 heavy (non-hydrogen) atoms. The molecule has 0 amide bonds. The van der Waals surface area contributed by atoms with Crippen LogP contribution in [0.4, 0.5) is 0 Å². The van der Waals surface area contributed by atoms with Crippen molar-refractivity contribution in [1.29, 1.82) is 0 Å². The molecule has 0 aliphatic carbocycles. The largest absolute Gasteiger partial charge is 0.465 e. The summed E-state index contributed by atoms with van der Waals surface area (Å²) >= 11 is 0. The smallest absolute Gasteiger partial charge is 0.196 e. The molecule has 0 fully saturated rings. The summed E-state index contributed by atoms with van der Waals surface area (Å²) in [4.78, 5) is 0. The van der Waals surface area contributed by atoms with Gasteiger partial charge < -0.3 is 9.47 Å². The Morgan fingerprint density at radius 2 is 1.93 bits per heavy atom. The van der Waals surface area contributed by atoms with Gasteiger partial charge in [0.1, 0.15) is 5.75 Å². The molecule has 0 radical (unpaired) electrons. The average Bonchev–Trinajstić information content (AvgIpc) is 2.19. The zero-order valence-electron chi connectivity index (χ0n) is 9.12. The Morgan fingerprint density at radius 3 is 2.57 bits per heavy atom. The lowest BCUT2D eigenvalue weighted by Gasteiger charge is -2.16. The first kappa shape index (κ1) is 11.1. The lowest BCUT2D eigenvalue weighted by Crippen LogP contribution is -2.16. The molecular weight excluding hydrogens is 176 g/mol. The van der Waals surface area contributed by atoms with Gasteiger partial charge in [0.25, 0.3) is 0 Å². The van der Waals surface area contributed by atoms with Crippen molar-refractivity contribution in [3.8, 4) is 5.75 Å². The highest BCUT2D eigenvalue weighted by Crippen LogP contribution is 2.19. The van der Waals surface area contributed by atoms with Crippen LogP contribution in [0, 0.1) is 0 Å². The van der Waals surface area contributed by atoms with Crippen LogP contribution in [-0.4, -0.2) is 12.9 Å². The molecule has 0 saturated heterocycles. The second-order valence-electron chi connectivity index (χ2n) is 3.10. The van der Waals surface area contributed by atoms with Crippen molar-refractivity contribution in [2.45, 2.75) is 33.5 Å². The van der Waals surface area contributed by atoms with E-state index >= 15 is 0 Å². The maximum Gasteiger partial charge on any atom is 0.196 e. The molecule has 0 aromatic heterocycles. The van der Waals surface area contributed by atoms with Crippen molar-refractivity contribution in [2.24, 2.45) is 0 Å². The van der Waals surface area contributed by atoms with E-state index < -0.39 is 0 Å². The van der Waals surface area contributed by atoms with E-state index in [0.717, 1.165) is 12.2 Å². The minimum absolute atomic E-state index is 0.173. The molecule has 1 aromatic rings.